The Bertz CT molecular complexity index is 903. The van der Waals surface area contributed by atoms with Crippen molar-refractivity contribution in [3.8, 4) is 0 Å². The van der Waals surface area contributed by atoms with Gasteiger partial charge in [-0.1, -0.05) is 48.0 Å². The van der Waals surface area contributed by atoms with Crippen molar-refractivity contribution in [1.82, 2.24) is 10.6 Å². The Morgan fingerprint density at radius 3 is 2.32 bits per heavy atom. The van der Waals surface area contributed by atoms with Gasteiger partial charge in [0.1, 0.15) is 11.7 Å². The SMILES string of the molecule is O=C1N[C@H](c2c(F)cccc2Cl)[C@H](C(=O)C(F)(F)F)[C@](O)(c2ccccc2)N1. The molecule has 1 aliphatic heterocycles. The maximum Gasteiger partial charge on any atom is 0.450 e. The molecular weight excluding hydrogens is 404 g/mol. The molecule has 1 saturated heterocycles. The quantitative estimate of drug-likeness (QED) is 0.671. The average Bonchev–Trinajstić information content (AvgIpc) is 2.61. The number of carbonyl (C=O) groups is 2. The molecule has 0 radical (unpaired) electrons. The normalized spacial score (nSPS) is 25.0. The number of carbonyl (C=O) groups excluding carboxylic acids is 2. The molecule has 0 saturated carbocycles. The molecule has 1 aliphatic rings. The number of benzene rings is 2. The molecule has 0 aromatic heterocycles. The summed E-state index contributed by atoms with van der Waals surface area (Å²) in [5.41, 5.74) is -3.46. The highest BCUT2D eigenvalue weighted by molar-refractivity contribution is 6.31. The zero-order valence-electron chi connectivity index (χ0n) is 13.9. The van der Waals surface area contributed by atoms with Crippen LogP contribution in [0.4, 0.5) is 22.4 Å². The molecule has 0 spiro atoms. The number of halogens is 5. The van der Waals surface area contributed by atoms with Gasteiger partial charge in [0.25, 0.3) is 0 Å². The van der Waals surface area contributed by atoms with E-state index >= 15 is 0 Å². The van der Waals surface area contributed by atoms with Gasteiger partial charge < -0.3 is 15.7 Å². The first-order chi connectivity index (χ1) is 13.1. The molecule has 148 valence electrons. The van der Waals surface area contributed by atoms with Gasteiger partial charge in [-0.15, -0.1) is 0 Å². The second-order valence-electron chi connectivity index (χ2n) is 6.18. The van der Waals surface area contributed by atoms with Crippen LogP contribution in [0, 0.1) is 11.7 Å². The van der Waals surface area contributed by atoms with E-state index in [0.717, 1.165) is 6.07 Å². The fraction of sp³-hybridized carbons (Fsp3) is 0.222. The molecule has 3 atom stereocenters. The molecule has 28 heavy (non-hydrogen) atoms. The summed E-state index contributed by atoms with van der Waals surface area (Å²) >= 11 is 5.95. The predicted octanol–water partition coefficient (Wildman–Crippen LogP) is 3.43. The topological polar surface area (TPSA) is 78.4 Å². The van der Waals surface area contributed by atoms with Crippen LogP contribution >= 0.6 is 11.6 Å². The molecule has 0 aliphatic carbocycles. The van der Waals surface area contributed by atoms with Gasteiger partial charge in [-0.05, 0) is 12.1 Å². The zero-order chi connectivity index (χ0) is 20.7. The van der Waals surface area contributed by atoms with E-state index < -0.39 is 47.1 Å². The Morgan fingerprint density at radius 2 is 1.75 bits per heavy atom. The van der Waals surface area contributed by atoms with Gasteiger partial charge in [-0.25, -0.2) is 9.18 Å². The van der Waals surface area contributed by atoms with E-state index in [-0.39, 0.29) is 10.6 Å². The molecule has 3 rings (SSSR count). The van der Waals surface area contributed by atoms with Crippen LogP contribution in [0.3, 0.4) is 0 Å². The number of aliphatic hydroxyl groups is 1. The first kappa shape index (κ1) is 20.1. The van der Waals surface area contributed by atoms with Gasteiger partial charge >= 0.3 is 12.2 Å². The van der Waals surface area contributed by atoms with Crippen molar-refractivity contribution in [1.29, 1.82) is 0 Å². The highest BCUT2D eigenvalue weighted by atomic mass is 35.5. The number of urea groups is 1. The van der Waals surface area contributed by atoms with Crippen molar-refractivity contribution in [2.75, 3.05) is 0 Å². The van der Waals surface area contributed by atoms with Crippen molar-refractivity contribution >= 4 is 23.4 Å². The summed E-state index contributed by atoms with van der Waals surface area (Å²) in [4.78, 5) is 24.4. The van der Waals surface area contributed by atoms with E-state index in [9.17, 15) is 32.3 Å². The van der Waals surface area contributed by atoms with Crippen molar-refractivity contribution < 1.29 is 32.3 Å². The Balaban J connectivity index is 2.26. The molecule has 2 amide bonds. The third-order valence-corrected chi connectivity index (χ3v) is 4.79. The summed E-state index contributed by atoms with van der Waals surface area (Å²) in [5, 5.41) is 14.8. The van der Waals surface area contributed by atoms with Gasteiger partial charge in [0, 0.05) is 16.1 Å². The minimum Gasteiger partial charge on any atom is -0.366 e. The fourth-order valence-electron chi connectivity index (χ4n) is 3.26. The monoisotopic (exact) mass is 416 g/mol. The molecule has 1 heterocycles. The Labute approximate surface area is 161 Å². The lowest BCUT2D eigenvalue weighted by atomic mass is 9.76. The lowest BCUT2D eigenvalue weighted by Gasteiger charge is -2.45. The Morgan fingerprint density at radius 1 is 1.11 bits per heavy atom. The smallest absolute Gasteiger partial charge is 0.366 e. The van der Waals surface area contributed by atoms with Crippen LogP contribution in [0.2, 0.25) is 5.02 Å². The van der Waals surface area contributed by atoms with Crippen LogP contribution in [0.25, 0.3) is 0 Å². The van der Waals surface area contributed by atoms with Gasteiger partial charge in [-0.2, -0.15) is 13.2 Å². The van der Waals surface area contributed by atoms with Crippen molar-refractivity contribution in [3.63, 3.8) is 0 Å². The zero-order valence-corrected chi connectivity index (χ0v) is 14.7. The van der Waals surface area contributed by atoms with Crippen LogP contribution in [0.15, 0.2) is 48.5 Å². The second-order valence-corrected chi connectivity index (χ2v) is 6.59. The number of ketones is 1. The van der Waals surface area contributed by atoms with Crippen LogP contribution in [-0.4, -0.2) is 23.1 Å². The summed E-state index contributed by atoms with van der Waals surface area (Å²) in [7, 11) is 0. The third kappa shape index (κ3) is 3.43. The maximum absolute atomic E-state index is 14.4. The van der Waals surface area contributed by atoms with Crippen molar-refractivity contribution in [2.24, 2.45) is 5.92 Å². The number of alkyl halides is 3. The average molecular weight is 417 g/mol. The molecule has 2 aromatic carbocycles. The van der Waals surface area contributed by atoms with Crippen LogP contribution in [-0.2, 0) is 10.5 Å². The lowest BCUT2D eigenvalue weighted by Crippen LogP contribution is -2.66. The standard InChI is InChI=1S/C18H13ClF4N2O3/c19-10-7-4-8-11(20)12(10)14-13(15(26)18(21,22)23)17(28,25-16(27)24-14)9-5-2-1-3-6-9/h1-8,13-14,28H,(H2,24,25,27)/t13-,14-,17-/m1/s1. The van der Waals surface area contributed by atoms with Crippen molar-refractivity contribution in [2.45, 2.75) is 17.9 Å². The fourth-order valence-corrected chi connectivity index (χ4v) is 3.54. The molecule has 10 heteroatoms. The molecule has 3 N–H and O–H groups in total. The summed E-state index contributed by atoms with van der Waals surface area (Å²) in [5.74, 6) is -5.73. The molecule has 0 unspecified atom stereocenters. The minimum atomic E-state index is -5.37. The third-order valence-electron chi connectivity index (χ3n) is 4.46. The first-order valence-electron chi connectivity index (χ1n) is 7.97. The second kappa shape index (κ2) is 7.06. The lowest BCUT2D eigenvalue weighted by molar-refractivity contribution is -0.190. The van der Waals surface area contributed by atoms with Gasteiger partial charge in [0.05, 0.1) is 6.04 Å². The number of hydrogen-bond acceptors (Lipinski definition) is 3. The highest BCUT2D eigenvalue weighted by Gasteiger charge is 2.59. The van der Waals surface area contributed by atoms with E-state index in [1.807, 2.05) is 5.32 Å². The summed E-state index contributed by atoms with van der Waals surface area (Å²) in [6, 6.07) is 7.18. The van der Waals surface area contributed by atoms with E-state index in [2.05, 4.69) is 5.32 Å². The van der Waals surface area contributed by atoms with E-state index in [1.165, 1.54) is 42.5 Å². The highest BCUT2D eigenvalue weighted by Crippen LogP contribution is 2.44. The van der Waals surface area contributed by atoms with Crippen LogP contribution in [0.1, 0.15) is 17.2 Å². The van der Waals surface area contributed by atoms with Gasteiger partial charge in [-0.3, -0.25) is 4.79 Å². The van der Waals surface area contributed by atoms with Crippen molar-refractivity contribution in [3.05, 3.63) is 70.5 Å². The van der Waals surface area contributed by atoms with E-state index in [0.29, 0.717) is 0 Å². The van der Waals surface area contributed by atoms with Crippen LogP contribution < -0.4 is 10.6 Å². The van der Waals surface area contributed by atoms with Crippen LogP contribution in [0.5, 0.6) is 0 Å². The number of nitrogens with one attached hydrogen (secondary N) is 2. The number of rotatable bonds is 3. The largest absolute Gasteiger partial charge is 0.450 e. The van der Waals surface area contributed by atoms with Gasteiger partial charge in [0.2, 0.25) is 5.78 Å². The van der Waals surface area contributed by atoms with E-state index in [1.54, 1.807) is 0 Å². The minimum absolute atomic E-state index is 0.176. The summed E-state index contributed by atoms with van der Waals surface area (Å²) in [6.07, 6.45) is -5.37. The number of Topliss-reactive ketones (excluding diaryl/α,β-unsaturated/α-hetero) is 1. The molecule has 5 nitrogen and oxygen atoms in total. The summed E-state index contributed by atoms with van der Waals surface area (Å²) < 4.78 is 54.5. The molecule has 2 aromatic rings. The first-order valence-corrected chi connectivity index (χ1v) is 8.35. The molecule has 1 fully saturated rings. The Kier molecular flexibility index (Phi) is 5.07. The Hall–Kier alpha value is -2.65. The number of amides is 2. The maximum atomic E-state index is 14.4. The molecular formula is C18H13ClF4N2O3. The van der Waals surface area contributed by atoms with E-state index in [4.69, 9.17) is 11.6 Å². The number of hydrogen-bond donors (Lipinski definition) is 3. The van der Waals surface area contributed by atoms with Gasteiger partial charge in [0.15, 0.2) is 5.72 Å². The molecule has 0 bridgehead atoms. The predicted molar refractivity (Wildman–Crippen MR) is 90.7 cm³/mol. The summed E-state index contributed by atoms with van der Waals surface area (Å²) in [6.45, 7) is 0.